The second-order valence-electron chi connectivity index (χ2n) is 5.96. The van der Waals surface area contributed by atoms with E-state index in [9.17, 15) is 24.3 Å². The molecule has 14 heteroatoms. The third kappa shape index (κ3) is 7.92. The van der Waals surface area contributed by atoms with Crippen molar-refractivity contribution in [3.8, 4) is 0 Å². The molecule has 3 amide bonds. The number of aliphatic hydroxyl groups is 1. The maximum atomic E-state index is 12.4. The number of imidazole rings is 1. The Bertz CT molecular complexity index is 703. The van der Waals surface area contributed by atoms with Crippen molar-refractivity contribution in [2.24, 2.45) is 5.73 Å². The zero-order valence-electron chi connectivity index (χ0n) is 15.2. The van der Waals surface area contributed by atoms with Gasteiger partial charge in [0.05, 0.1) is 12.9 Å². The fourth-order valence-corrected chi connectivity index (χ4v) is 2.63. The summed E-state index contributed by atoms with van der Waals surface area (Å²) in [4.78, 5) is 54.4. The van der Waals surface area contributed by atoms with E-state index in [1.165, 1.54) is 12.5 Å². The fraction of sp³-hybridized carbons (Fsp3) is 0.533. The quantitative estimate of drug-likeness (QED) is 0.148. The van der Waals surface area contributed by atoms with Gasteiger partial charge in [-0.25, -0.2) is 9.78 Å². The van der Waals surface area contributed by atoms with Crippen LogP contribution < -0.4 is 21.7 Å². The first kappa shape index (κ1) is 24.7. The number of carboxylic acids is 1. The topological polar surface area (TPSA) is 200 Å². The number of carboxylic acid groups (broad SMARTS) is 1. The summed E-state index contributed by atoms with van der Waals surface area (Å²) < 4.78 is 0. The molecule has 0 saturated carbocycles. The number of nitrogens with one attached hydrogen (secondary N) is 4. The van der Waals surface area contributed by atoms with E-state index in [1.54, 1.807) is 0 Å². The Morgan fingerprint density at radius 3 is 1.97 bits per heavy atom. The van der Waals surface area contributed by atoms with E-state index >= 15 is 0 Å². The average molecular weight is 449 g/mol. The number of hydrogen-bond donors (Lipinski definition) is 9. The summed E-state index contributed by atoms with van der Waals surface area (Å²) in [5.74, 6) is -3.77. The van der Waals surface area contributed by atoms with Crippen LogP contribution in [0.5, 0.6) is 0 Å². The summed E-state index contributed by atoms with van der Waals surface area (Å²) in [6, 6.07) is -4.77. The lowest BCUT2D eigenvalue weighted by atomic mass is 10.1. The molecule has 29 heavy (non-hydrogen) atoms. The molecule has 4 atom stereocenters. The van der Waals surface area contributed by atoms with E-state index in [0.29, 0.717) is 5.69 Å². The zero-order valence-corrected chi connectivity index (χ0v) is 17.0. The predicted octanol–water partition coefficient (Wildman–Crippen LogP) is -3.33. The molecule has 1 heterocycles. The van der Waals surface area contributed by atoms with Gasteiger partial charge in [0, 0.05) is 29.8 Å². The van der Waals surface area contributed by atoms with Gasteiger partial charge < -0.3 is 36.9 Å². The van der Waals surface area contributed by atoms with Crippen LogP contribution in [0, 0.1) is 0 Å². The van der Waals surface area contributed by atoms with Crippen molar-refractivity contribution < 1.29 is 29.4 Å². The van der Waals surface area contributed by atoms with Gasteiger partial charge in [-0.1, -0.05) is 0 Å². The molecule has 1 aromatic heterocycles. The monoisotopic (exact) mass is 448 g/mol. The summed E-state index contributed by atoms with van der Waals surface area (Å²) >= 11 is 7.99. The summed E-state index contributed by atoms with van der Waals surface area (Å²) in [6.45, 7) is -0.610. The van der Waals surface area contributed by atoms with Crippen LogP contribution in [-0.2, 0) is 25.6 Å². The molecule has 0 saturated heterocycles. The van der Waals surface area contributed by atoms with Gasteiger partial charge in [0.25, 0.3) is 0 Å². The SMILES string of the molecule is NC(CO)C(=O)NC(CS)C(=O)NC(CS)C(=O)NC(Cc1cnc[nH]1)C(=O)O. The number of rotatable bonds is 12. The van der Waals surface area contributed by atoms with E-state index in [-0.39, 0.29) is 17.9 Å². The normalized spacial score (nSPS) is 14.9. The maximum Gasteiger partial charge on any atom is 0.326 e. The van der Waals surface area contributed by atoms with Crippen LogP contribution in [0.1, 0.15) is 5.69 Å². The van der Waals surface area contributed by atoms with Crippen molar-refractivity contribution in [3.63, 3.8) is 0 Å². The van der Waals surface area contributed by atoms with Crippen molar-refractivity contribution in [1.82, 2.24) is 25.9 Å². The van der Waals surface area contributed by atoms with E-state index in [1.807, 2.05) is 0 Å². The summed E-state index contributed by atoms with van der Waals surface area (Å²) in [6.07, 6.45) is 2.76. The molecule has 0 bridgehead atoms. The molecule has 0 fully saturated rings. The molecule has 0 aliphatic rings. The number of hydrogen-bond acceptors (Lipinski definition) is 9. The first-order chi connectivity index (χ1) is 13.7. The number of carbonyl (C=O) groups excluding carboxylic acids is 3. The van der Waals surface area contributed by atoms with Crippen LogP contribution >= 0.6 is 25.3 Å². The van der Waals surface area contributed by atoms with Crippen LogP contribution in [0.4, 0.5) is 0 Å². The Kier molecular flexibility index (Phi) is 10.5. The number of nitrogens with two attached hydrogens (primary N) is 1. The lowest BCUT2D eigenvalue weighted by molar-refractivity contribution is -0.142. The highest BCUT2D eigenvalue weighted by atomic mass is 32.1. The van der Waals surface area contributed by atoms with Gasteiger partial charge in [-0.2, -0.15) is 25.3 Å². The Morgan fingerprint density at radius 1 is 1.03 bits per heavy atom. The highest BCUT2D eigenvalue weighted by Gasteiger charge is 2.29. The van der Waals surface area contributed by atoms with Gasteiger partial charge in [0.15, 0.2) is 0 Å². The van der Waals surface area contributed by atoms with Gasteiger partial charge in [-0.3, -0.25) is 14.4 Å². The lowest BCUT2D eigenvalue weighted by Gasteiger charge is -2.23. The number of aromatic nitrogens is 2. The molecule has 0 radical (unpaired) electrons. The molecule has 162 valence electrons. The van der Waals surface area contributed by atoms with Crippen molar-refractivity contribution in [3.05, 3.63) is 18.2 Å². The van der Waals surface area contributed by atoms with Gasteiger partial charge in [-0.05, 0) is 0 Å². The standard InChI is InChI=1S/C15H24N6O6S2/c16-8(3-22)12(23)20-10(4-28)14(25)21-11(5-29)13(24)19-9(15(26)27)1-7-2-17-6-18-7/h2,6,8-11,22,28-29H,1,3-5,16H2,(H,17,18)(H,19,24)(H,20,23)(H,21,25)(H,26,27). The molecular weight excluding hydrogens is 424 g/mol. The number of amides is 3. The van der Waals surface area contributed by atoms with Crippen LogP contribution in [0.25, 0.3) is 0 Å². The number of aromatic amines is 1. The van der Waals surface area contributed by atoms with Gasteiger partial charge >= 0.3 is 5.97 Å². The molecule has 1 aromatic rings. The number of H-pyrrole nitrogens is 1. The number of aliphatic carboxylic acids is 1. The third-order valence-corrected chi connectivity index (χ3v) is 4.49. The Hall–Kier alpha value is -2.29. The Morgan fingerprint density at radius 2 is 1.55 bits per heavy atom. The molecule has 0 spiro atoms. The van der Waals surface area contributed by atoms with E-state index in [4.69, 9.17) is 10.8 Å². The predicted molar refractivity (Wildman–Crippen MR) is 108 cm³/mol. The molecule has 0 aromatic carbocycles. The third-order valence-electron chi connectivity index (χ3n) is 3.76. The minimum atomic E-state index is -1.27. The fourth-order valence-electron chi connectivity index (χ4n) is 2.11. The summed E-state index contributed by atoms with van der Waals surface area (Å²) in [5.41, 5.74) is 5.88. The Labute approximate surface area is 177 Å². The molecule has 12 nitrogen and oxygen atoms in total. The second-order valence-corrected chi connectivity index (χ2v) is 6.69. The van der Waals surface area contributed by atoms with Gasteiger partial charge in [0.1, 0.15) is 24.2 Å². The maximum absolute atomic E-state index is 12.4. The van der Waals surface area contributed by atoms with Crippen molar-refractivity contribution >= 4 is 48.9 Å². The molecular formula is C15H24N6O6S2. The van der Waals surface area contributed by atoms with Crippen LogP contribution in [-0.4, -0.2) is 86.2 Å². The van der Waals surface area contributed by atoms with Gasteiger partial charge in [0.2, 0.25) is 17.7 Å². The number of aliphatic hydroxyl groups excluding tert-OH is 1. The molecule has 0 aliphatic heterocycles. The van der Waals surface area contributed by atoms with Crippen molar-refractivity contribution in [2.45, 2.75) is 30.6 Å². The number of carbonyl (C=O) groups is 4. The van der Waals surface area contributed by atoms with Gasteiger partial charge in [-0.15, -0.1) is 0 Å². The Balaban J connectivity index is 2.73. The van der Waals surface area contributed by atoms with Crippen LogP contribution in [0.3, 0.4) is 0 Å². The lowest BCUT2D eigenvalue weighted by Crippen LogP contribution is -2.58. The van der Waals surface area contributed by atoms with E-state index < -0.39 is 54.5 Å². The summed E-state index contributed by atoms with van der Waals surface area (Å²) in [7, 11) is 0. The second kappa shape index (κ2) is 12.3. The molecule has 4 unspecified atom stereocenters. The summed E-state index contributed by atoms with van der Waals surface area (Å²) in [5, 5.41) is 25.2. The number of thiol groups is 2. The number of nitrogens with zero attached hydrogens (tertiary/aromatic N) is 1. The molecule has 1 rings (SSSR count). The minimum Gasteiger partial charge on any atom is -0.480 e. The highest BCUT2D eigenvalue weighted by Crippen LogP contribution is 2.01. The van der Waals surface area contributed by atoms with E-state index in [0.717, 1.165) is 0 Å². The smallest absolute Gasteiger partial charge is 0.326 e. The highest BCUT2D eigenvalue weighted by molar-refractivity contribution is 7.80. The first-order valence-corrected chi connectivity index (χ1v) is 9.69. The molecule has 8 N–H and O–H groups in total. The largest absolute Gasteiger partial charge is 0.480 e. The minimum absolute atomic E-state index is 0.0390. The average Bonchev–Trinajstić information content (AvgIpc) is 3.21. The first-order valence-electron chi connectivity index (χ1n) is 8.42. The van der Waals surface area contributed by atoms with Crippen LogP contribution in [0.15, 0.2) is 12.5 Å². The van der Waals surface area contributed by atoms with Crippen molar-refractivity contribution in [1.29, 1.82) is 0 Å². The van der Waals surface area contributed by atoms with Crippen molar-refractivity contribution in [2.75, 3.05) is 18.1 Å². The van der Waals surface area contributed by atoms with E-state index in [2.05, 4.69) is 51.2 Å². The molecule has 0 aliphatic carbocycles. The van der Waals surface area contributed by atoms with Crippen LogP contribution in [0.2, 0.25) is 0 Å². The zero-order chi connectivity index (χ0) is 22.0.